The molecule has 0 N–H and O–H groups in total. The second-order valence-corrected chi connectivity index (χ2v) is 4.31. The molecule has 0 aliphatic heterocycles. The summed E-state index contributed by atoms with van der Waals surface area (Å²) in [5, 5.41) is 1.09. The third kappa shape index (κ3) is 2.50. The lowest BCUT2D eigenvalue weighted by atomic mass is 10.2. The van der Waals surface area contributed by atoms with Gasteiger partial charge in [-0.3, -0.25) is 15.0 Å². The average Bonchev–Trinajstić information content (AvgIpc) is 2.45. The van der Waals surface area contributed by atoms with Crippen LogP contribution in [0.3, 0.4) is 0 Å². The van der Waals surface area contributed by atoms with Crippen molar-refractivity contribution in [3.8, 4) is 0 Å². The smallest absolute Gasteiger partial charge is 0.0958 e. The number of pyridine rings is 2. The third-order valence-corrected chi connectivity index (χ3v) is 2.86. The van der Waals surface area contributed by atoms with Gasteiger partial charge in [-0.2, -0.15) is 0 Å². The highest BCUT2D eigenvalue weighted by Gasteiger charge is 1.99. The van der Waals surface area contributed by atoms with E-state index < -0.39 is 0 Å². The van der Waals surface area contributed by atoms with Crippen LogP contribution in [0.15, 0.2) is 59.7 Å². The molecule has 3 nitrogen and oxygen atoms in total. The topological polar surface area (TPSA) is 38.1 Å². The molecule has 1 aromatic carbocycles. The van der Waals surface area contributed by atoms with Gasteiger partial charge in [-0.1, -0.05) is 24.3 Å². The van der Waals surface area contributed by atoms with Crippen molar-refractivity contribution in [3.05, 3.63) is 66.1 Å². The largest absolute Gasteiger partial charge is 0.254 e. The third-order valence-electron chi connectivity index (χ3n) is 2.86. The van der Waals surface area contributed by atoms with Crippen LogP contribution in [0.5, 0.6) is 0 Å². The van der Waals surface area contributed by atoms with Gasteiger partial charge in [0.25, 0.3) is 0 Å². The van der Waals surface area contributed by atoms with Gasteiger partial charge in [-0.25, -0.2) is 0 Å². The Balaban J connectivity index is 2.02. The summed E-state index contributed by atoms with van der Waals surface area (Å²) in [5.74, 6) is 0. The van der Waals surface area contributed by atoms with E-state index >= 15 is 0 Å². The predicted molar refractivity (Wildman–Crippen MR) is 78.0 cm³/mol. The monoisotopic (exact) mass is 247 g/mol. The first-order chi connectivity index (χ1) is 9.33. The minimum Gasteiger partial charge on any atom is -0.254 e. The molecule has 0 saturated heterocycles. The van der Waals surface area contributed by atoms with E-state index in [2.05, 4.69) is 15.0 Å². The summed E-state index contributed by atoms with van der Waals surface area (Å²) in [6.07, 6.45) is 3.56. The number of hydrogen-bond donors (Lipinski definition) is 0. The quantitative estimate of drug-likeness (QED) is 0.648. The van der Waals surface area contributed by atoms with E-state index in [9.17, 15) is 0 Å². The van der Waals surface area contributed by atoms with Crippen LogP contribution in [0.1, 0.15) is 11.4 Å². The van der Waals surface area contributed by atoms with Crippen LogP contribution in [0.4, 0.5) is 5.69 Å². The number of rotatable bonds is 2. The van der Waals surface area contributed by atoms with Gasteiger partial charge in [0.15, 0.2) is 0 Å². The SMILES string of the molecule is Cc1cccc(C=Nc2cccc3cccnc23)n1. The highest BCUT2D eigenvalue weighted by atomic mass is 14.8. The molecule has 3 rings (SSSR count). The molecule has 3 aromatic rings. The fourth-order valence-corrected chi connectivity index (χ4v) is 1.96. The Labute approximate surface area is 111 Å². The maximum atomic E-state index is 4.50. The second kappa shape index (κ2) is 4.98. The normalized spacial score (nSPS) is 11.2. The van der Waals surface area contributed by atoms with E-state index in [4.69, 9.17) is 0 Å². The summed E-state index contributed by atoms with van der Waals surface area (Å²) in [5.41, 5.74) is 3.61. The number of benzene rings is 1. The Bertz CT molecular complexity index is 742. The summed E-state index contributed by atoms with van der Waals surface area (Å²) in [6.45, 7) is 1.97. The zero-order valence-electron chi connectivity index (χ0n) is 10.6. The molecule has 0 saturated carbocycles. The average molecular weight is 247 g/mol. The minimum absolute atomic E-state index is 0.855. The van der Waals surface area contributed by atoms with E-state index in [0.29, 0.717) is 0 Å². The first-order valence-electron chi connectivity index (χ1n) is 6.14. The van der Waals surface area contributed by atoms with Crippen LogP contribution in [0.2, 0.25) is 0 Å². The van der Waals surface area contributed by atoms with Gasteiger partial charge < -0.3 is 0 Å². The number of para-hydroxylation sites is 1. The van der Waals surface area contributed by atoms with Gasteiger partial charge in [0, 0.05) is 17.3 Å². The zero-order valence-corrected chi connectivity index (χ0v) is 10.6. The summed E-state index contributed by atoms with van der Waals surface area (Å²) in [6, 6.07) is 15.8. The Morgan fingerprint density at radius 2 is 1.84 bits per heavy atom. The van der Waals surface area contributed by atoms with Crippen molar-refractivity contribution in [2.24, 2.45) is 4.99 Å². The predicted octanol–water partition coefficient (Wildman–Crippen LogP) is 3.69. The summed E-state index contributed by atoms with van der Waals surface area (Å²) >= 11 is 0. The molecule has 2 aromatic heterocycles. The molecule has 0 fully saturated rings. The first kappa shape index (κ1) is 11.5. The molecule has 2 heterocycles. The molecule has 0 spiro atoms. The number of nitrogens with zero attached hydrogens (tertiary/aromatic N) is 3. The summed E-state index contributed by atoms with van der Waals surface area (Å²) < 4.78 is 0. The molecule has 0 amide bonds. The van der Waals surface area contributed by atoms with Crippen molar-refractivity contribution >= 4 is 22.8 Å². The van der Waals surface area contributed by atoms with Gasteiger partial charge in [-0.05, 0) is 31.2 Å². The van der Waals surface area contributed by atoms with Crippen molar-refractivity contribution in [2.45, 2.75) is 6.92 Å². The summed E-state index contributed by atoms with van der Waals surface area (Å²) in [7, 11) is 0. The highest BCUT2D eigenvalue weighted by molar-refractivity contribution is 5.91. The Morgan fingerprint density at radius 3 is 2.74 bits per heavy atom. The van der Waals surface area contributed by atoms with E-state index in [0.717, 1.165) is 28.0 Å². The fraction of sp³-hybridized carbons (Fsp3) is 0.0625. The number of fused-ring (bicyclic) bond motifs is 1. The standard InChI is InChI=1S/C16H13N3/c1-12-5-2-8-14(19-12)11-18-15-9-3-6-13-7-4-10-17-16(13)15/h2-11H,1H3. The van der Waals surface area contributed by atoms with Crippen LogP contribution < -0.4 is 0 Å². The van der Waals surface area contributed by atoms with Gasteiger partial charge in [0.2, 0.25) is 0 Å². The number of aromatic nitrogens is 2. The van der Waals surface area contributed by atoms with Gasteiger partial charge in [0.05, 0.1) is 23.1 Å². The second-order valence-electron chi connectivity index (χ2n) is 4.31. The van der Waals surface area contributed by atoms with Gasteiger partial charge in [-0.15, -0.1) is 0 Å². The van der Waals surface area contributed by atoms with E-state index in [1.165, 1.54) is 0 Å². The van der Waals surface area contributed by atoms with Crippen LogP contribution in [-0.4, -0.2) is 16.2 Å². The molecular weight excluding hydrogens is 234 g/mol. The maximum absolute atomic E-state index is 4.50. The molecule has 19 heavy (non-hydrogen) atoms. The van der Waals surface area contributed by atoms with Crippen LogP contribution in [0.25, 0.3) is 10.9 Å². The molecule has 0 radical (unpaired) electrons. The Kier molecular flexibility index (Phi) is 3.02. The van der Waals surface area contributed by atoms with E-state index in [1.807, 2.05) is 55.5 Å². The van der Waals surface area contributed by atoms with Crippen LogP contribution >= 0.6 is 0 Å². The first-order valence-corrected chi connectivity index (χ1v) is 6.14. The molecule has 3 heteroatoms. The molecule has 0 aliphatic rings. The van der Waals surface area contributed by atoms with Crippen molar-refractivity contribution in [1.29, 1.82) is 0 Å². The molecule has 92 valence electrons. The molecular formula is C16H13N3. The van der Waals surface area contributed by atoms with Crippen LogP contribution in [0, 0.1) is 6.92 Å². The fourth-order valence-electron chi connectivity index (χ4n) is 1.96. The highest BCUT2D eigenvalue weighted by Crippen LogP contribution is 2.23. The Hall–Kier alpha value is -2.55. The molecule has 0 atom stereocenters. The zero-order chi connectivity index (χ0) is 13.1. The van der Waals surface area contributed by atoms with E-state index in [-0.39, 0.29) is 0 Å². The molecule has 0 aliphatic carbocycles. The van der Waals surface area contributed by atoms with Gasteiger partial charge >= 0.3 is 0 Å². The molecule has 0 bridgehead atoms. The minimum atomic E-state index is 0.855. The lowest BCUT2D eigenvalue weighted by Crippen LogP contribution is -1.89. The Morgan fingerprint density at radius 1 is 1.00 bits per heavy atom. The lowest BCUT2D eigenvalue weighted by molar-refractivity contribution is 1.19. The summed E-state index contributed by atoms with van der Waals surface area (Å²) in [4.78, 5) is 13.3. The number of aliphatic imine (C=N–C) groups is 1. The van der Waals surface area contributed by atoms with Crippen LogP contribution in [-0.2, 0) is 0 Å². The van der Waals surface area contributed by atoms with Gasteiger partial charge in [0.1, 0.15) is 0 Å². The number of aryl methyl sites for hydroxylation is 1. The van der Waals surface area contributed by atoms with Crippen molar-refractivity contribution in [1.82, 2.24) is 9.97 Å². The maximum Gasteiger partial charge on any atom is 0.0958 e. The van der Waals surface area contributed by atoms with Crippen molar-refractivity contribution in [3.63, 3.8) is 0 Å². The van der Waals surface area contributed by atoms with Crippen molar-refractivity contribution < 1.29 is 0 Å². The van der Waals surface area contributed by atoms with E-state index in [1.54, 1.807) is 12.4 Å². The van der Waals surface area contributed by atoms with Crippen molar-refractivity contribution in [2.75, 3.05) is 0 Å². The number of hydrogen-bond acceptors (Lipinski definition) is 3. The lowest BCUT2D eigenvalue weighted by Gasteiger charge is -2.00. The molecule has 0 unspecified atom stereocenters.